The van der Waals surface area contributed by atoms with E-state index in [-0.39, 0.29) is 30.6 Å². The molecule has 162 valence electrons. The summed E-state index contributed by atoms with van der Waals surface area (Å²) in [5.41, 5.74) is 2.12. The Labute approximate surface area is 178 Å². The molecular formula is C23H31N3O4. The van der Waals surface area contributed by atoms with E-state index in [9.17, 15) is 9.90 Å². The molecule has 1 aliphatic rings. The van der Waals surface area contributed by atoms with Crippen molar-refractivity contribution >= 4 is 5.91 Å². The van der Waals surface area contributed by atoms with Gasteiger partial charge in [0.1, 0.15) is 17.4 Å². The highest BCUT2D eigenvalue weighted by Gasteiger charge is 2.34. The maximum Gasteiger partial charge on any atom is 0.259 e. The molecule has 0 aliphatic carbocycles. The lowest BCUT2D eigenvalue weighted by Crippen LogP contribution is -2.49. The number of hydrogen-bond acceptors (Lipinski definition) is 6. The first-order valence-corrected chi connectivity index (χ1v) is 10.2. The number of hydrogen-bond donors (Lipinski definition) is 1. The van der Waals surface area contributed by atoms with Crippen LogP contribution in [0.25, 0.3) is 11.1 Å². The molecule has 1 aromatic heterocycles. The fraction of sp³-hybridized carbons (Fsp3) is 0.478. The summed E-state index contributed by atoms with van der Waals surface area (Å²) in [5, 5.41) is 9.74. The number of aliphatic hydroxyl groups excluding tert-OH is 1. The molecule has 2 heterocycles. The summed E-state index contributed by atoms with van der Waals surface area (Å²) in [6.07, 6.45) is 1.59. The number of ether oxygens (including phenoxy) is 2. The molecule has 1 amide bonds. The van der Waals surface area contributed by atoms with E-state index >= 15 is 0 Å². The molecule has 0 saturated carbocycles. The predicted octanol–water partition coefficient (Wildman–Crippen LogP) is 2.54. The molecule has 7 heteroatoms. The van der Waals surface area contributed by atoms with Crippen LogP contribution in [-0.4, -0.2) is 78.8 Å². The van der Waals surface area contributed by atoms with Crippen LogP contribution in [0.1, 0.15) is 24.2 Å². The van der Waals surface area contributed by atoms with Crippen molar-refractivity contribution in [1.29, 1.82) is 0 Å². The molecule has 7 nitrogen and oxygen atoms in total. The number of aromatic nitrogens is 1. The number of aliphatic hydroxyl groups is 1. The van der Waals surface area contributed by atoms with Crippen molar-refractivity contribution in [3.8, 4) is 22.8 Å². The minimum absolute atomic E-state index is 0.0818. The molecule has 30 heavy (non-hydrogen) atoms. The van der Waals surface area contributed by atoms with Crippen LogP contribution >= 0.6 is 0 Å². The van der Waals surface area contributed by atoms with Gasteiger partial charge in [0.2, 0.25) is 5.88 Å². The largest absolute Gasteiger partial charge is 0.497 e. The molecule has 0 spiro atoms. The average Bonchev–Trinajstić information content (AvgIpc) is 2.75. The van der Waals surface area contributed by atoms with Crippen molar-refractivity contribution in [3.05, 3.63) is 42.1 Å². The first-order chi connectivity index (χ1) is 14.3. The monoisotopic (exact) mass is 413 g/mol. The number of methoxy groups -OCH3 is 1. The second-order valence-electron chi connectivity index (χ2n) is 8.19. The van der Waals surface area contributed by atoms with Gasteiger partial charge >= 0.3 is 0 Å². The van der Waals surface area contributed by atoms with Crippen molar-refractivity contribution in [2.75, 3.05) is 40.9 Å². The first kappa shape index (κ1) is 22.1. The maximum atomic E-state index is 13.4. The van der Waals surface area contributed by atoms with Gasteiger partial charge in [0.05, 0.1) is 19.8 Å². The molecule has 0 fully saturated rings. The Hall–Kier alpha value is -2.64. The SMILES string of the molecule is COc1cccc(-c2cnc3c(c2)C(=O)N([C@H](C)CO)C[C@H](C)[C@H](CN(C)C)O3)c1. The topological polar surface area (TPSA) is 75.1 Å². The van der Waals surface area contributed by atoms with Crippen LogP contribution in [0.5, 0.6) is 11.6 Å². The van der Waals surface area contributed by atoms with Gasteiger partial charge in [-0.2, -0.15) is 0 Å². The summed E-state index contributed by atoms with van der Waals surface area (Å²) >= 11 is 0. The highest BCUT2D eigenvalue weighted by atomic mass is 16.5. The van der Waals surface area contributed by atoms with Gasteiger partial charge < -0.3 is 24.4 Å². The van der Waals surface area contributed by atoms with Gasteiger partial charge in [0, 0.05) is 30.8 Å². The highest BCUT2D eigenvalue weighted by molar-refractivity contribution is 5.98. The Kier molecular flexibility index (Phi) is 6.95. The first-order valence-electron chi connectivity index (χ1n) is 10.2. The lowest BCUT2D eigenvalue weighted by Gasteiger charge is -2.37. The van der Waals surface area contributed by atoms with Gasteiger partial charge in [-0.25, -0.2) is 4.98 Å². The zero-order chi connectivity index (χ0) is 21.8. The van der Waals surface area contributed by atoms with Crippen LogP contribution in [0.2, 0.25) is 0 Å². The average molecular weight is 414 g/mol. The van der Waals surface area contributed by atoms with Crippen molar-refractivity contribution < 1.29 is 19.4 Å². The van der Waals surface area contributed by atoms with Gasteiger partial charge in [0.15, 0.2) is 0 Å². The van der Waals surface area contributed by atoms with Crippen molar-refractivity contribution in [1.82, 2.24) is 14.8 Å². The van der Waals surface area contributed by atoms with Crippen LogP contribution in [0, 0.1) is 5.92 Å². The summed E-state index contributed by atoms with van der Waals surface area (Å²) in [7, 11) is 5.61. The van der Waals surface area contributed by atoms with Crippen molar-refractivity contribution in [2.24, 2.45) is 5.92 Å². The summed E-state index contributed by atoms with van der Waals surface area (Å²) in [5.74, 6) is 0.967. The Morgan fingerprint density at radius 2 is 2.10 bits per heavy atom. The Bertz CT molecular complexity index is 887. The van der Waals surface area contributed by atoms with E-state index in [1.165, 1.54) is 0 Å². The zero-order valence-electron chi connectivity index (χ0n) is 18.3. The number of carbonyl (C=O) groups is 1. The number of nitrogens with zero attached hydrogens (tertiary/aromatic N) is 3. The van der Waals surface area contributed by atoms with Gasteiger partial charge in [-0.1, -0.05) is 19.1 Å². The van der Waals surface area contributed by atoms with E-state index in [2.05, 4.69) is 16.8 Å². The molecule has 2 aromatic rings. The molecule has 3 rings (SSSR count). The lowest BCUT2D eigenvalue weighted by atomic mass is 9.99. The van der Waals surface area contributed by atoms with Crippen molar-refractivity contribution in [2.45, 2.75) is 26.0 Å². The van der Waals surface area contributed by atoms with E-state index in [0.29, 0.717) is 24.5 Å². The molecule has 0 saturated heterocycles. The van der Waals surface area contributed by atoms with E-state index < -0.39 is 0 Å². The molecule has 0 unspecified atom stereocenters. The van der Waals surface area contributed by atoms with E-state index in [0.717, 1.165) is 16.9 Å². The minimum atomic E-state index is -0.300. The van der Waals surface area contributed by atoms with Gasteiger partial charge in [-0.15, -0.1) is 0 Å². The van der Waals surface area contributed by atoms with Crippen molar-refractivity contribution in [3.63, 3.8) is 0 Å². The second-order valence-corrected chi connectivity index (χ2v) is 8.19. The van der Waals surface area contributed by atoms with Crippen LogP contribution in [0.15, 0.2) is 36.5 Å². The normalized spacial score (nSPS) is 20.2. The summed E-state index contributed by atoms with van der Waals surface area (Å²) in [4.78, 5) is 21.7. The Morgan fingerprint density at radius 3 is 2.77 bits per heavy atom. The quantitative estimate of drug-likeness (QED) is 0.785. The zero-order valence-corrected chi connectivity index (χ0v) is 18.3. The summed E-state index contributed by atoms with van der Waals surface area (Å²) in [6, 6.07) is 9.15. The molecule has 1 aliphatic heterocycles. The second kappa shape index (κ2) is 9.45. The molecule has 0 radical (unpaired) electrons. The fourth-order valence-corrected chi connectivity index (χ4v) is 3.64. The third kappa shape index (κ3) is 4.74. The van der Waals surface area contributed by atoms with E-state index in [4.69, 9.17) is 9.47 Å². The fourth-order valence-electron chi connectivity index (χ4n) is 3.64. The highest BCUT2D eigenvalue weighted by Crippen LogP contribution is 2.31. The van der Waals surface area contributed by atoms with Gasteiger partial charge in [-0.05, 0) is 44.8 Å². The van der Waals surface area contributed by atoms with Gasteiger partial charge in [0.25, 0.3) is 5.91 Å². The van der Waals surface area contributed by atoms with E-state index in [1.807, 2.05) is 51.4 Å². The summed E-state index contributed by atoms with van der Waals surface area (Å²) < 4.78 is 11.6. The van der Waals surface area contributed by atoms with Crippen LogP contribution in [0.3, 0.4) is 0 Å². The van der Waals surface area contributed by atoms with E-state index in [1.54, 1.807) is 18.2 Å². The number of rotatable bonds is 6. The third-order valence-electron chi connectivity index (χ3n) is 5.47. The number of pyridine rings is 1. The van der Waals surface area contributed by atoms with Gasteiger partial charge in [-0.3, -0.25) is 4.79 Å². The number of amides is 1. The number of benzene rings is 1. The number of likely N-dealkylation sites (N-methyl/N-ethyl adjacent to an activating group) is 1. The molecular weight excluding hydrogens is 382 g/mol. The molecule has 0 bridgehead atoms. The van der Waals surface area contributed by atoms with Crippen LogP contribution in [0.4, 0.5) is 0 Å². The molecule has 1 aromatic carbocycles. The number of carbonyl (C=O) groups excluding carboxylic acids is 1. The third-order valence-corrected chi connectivity index (χ3v) is 5.47. The minimum Gasteiger partial charge on any atom is -0.497 e. The molecule has 3 atom stereocenters. The standard InChI is InChI=1S/C23H31N3O4/c1-15-12-26(16(2)14-27)23(28)20-10-18(17-7-6-8-19(9-17)29-5)11-24-22(20)30-21(15)13-25(3)4/h6-11,15-16,21,27H,12-14H2,1-5H3/t15-,16+,21-/m0/s1. The lowest BCUT2D eigenvalue weighted by molar-refractivity contribution is 0.0348. The smallest absolute Gasteiger partial charge is 0.259 e. The Balaban J connectivity index is 2.07. The predicted molar refractivity (Wildman–Crippen MR) is 116 cm³/mol. The van der Waals surface area contributed by atoms with Crippen LogP contribution < -0.4 is 9.47 Å². The van der Waals surface area contributed by atoms with Crippen LogP contribution in [-0.2, 0) is 0 Å². The summed E-state index contributed by atoms with van der Waals surface area (Å²) in [6.45, 7) is 5.02. The molecule has 1 N–H and O–H groups in total. The maximum absolute atomic E-state index is 13.4. The number of fused-ring (bicyclic) bond motifs is 1. The Morgan fingerprint density at radius 1 is 1.33 bits per heavy atom.